The van der Waals surface area contributed by atoms with E-state index in [2.05, 4.69) is 42.5 Å². The molecule has 2 fully saturated rings. The number of thiazole rings is 1. The average molecular weight is 601 g/mol. The Labute approximate surface area is 252 Å². The highest BCUT2D eigenvalue weighted by Gasteiger charge is 2.53. The van der Waals surface area contributed by atoms with E-state index in [9.17, 15) is 23.9 Å². The highest BCUT2D eigenvalue weighted by atomic mass is 32.1. The van der Waals surface area contributed by atoms with Crippen LogP contribution in [0.3, 0.4) is 0 Å². The van der Waals surface area contributed by atoms with Crippen LogP contribution in [0, 0.1) is 17.8 Å². The minimum Gasteiger partial charge on any atom is -0.391 e. The van der Waals surface area contributed by atoms with Crippen LogP contribution in [0.5, 0.6) is 0 Å². The molecule has 1 aromatic heterocycles. The van der Waals surface area contributed by atoms with E-state index >= 15 is 0 Å². The number of hydrogen-bond donors (Lipinski definition) is 3. The maximum Gasteiger partial charge on any atom is 0.258 e. The van der Waals surface area contributed by atoms with Gasteiger partial charge in [-0.2, -0.15) is 0 Å². The first kappa shape index (κ1) is 32.1. The number of rotatable bonds is 8. The summed E-state index contributed by atoms with van der Waals surface area (Å²) in [5.41, 5.74) is 3.34. The number of nitrogens with one attached hydrogen (secondary N) is 2. The first-order valence-electron chi connectivity index (χ1n) is 14.7. The van der Waals surface area contributed by atoms with E-state index < -0.39 is 41.1 Å². The van der Waals surface area contributed by atoms with Crippen molar-refractivity contribution in [2.75, 3.05) is 6.54 Å². The van der Waals surface area contributed by atoms with Crippen molar-refractivity contribution in [3.8, 4) is 10.4 Å². The Hall–Kier alpha value is -2.85. The van der Waals surface area contributed by atoms with Crippen LogP contribution in [-0.2, 0) is 20.8 Å². The number of amides is 3. The summed E-state index contributed by atoms with van der Waals surface area (Å²) in [6.07, 6.45) is 0.268. The molecule has 1 aliphatic carbocycles. The molecule has 0 radical (unpaired) electrons. The molecule has 1 saturated heterocycles. The zero-order chi connectivity index (χ0) is 31.2. The number of hydrogen-bond acceptors (Lipinski definition) is 6. The van der Waals surface area contributed by atoms with Gasteiger partial charge in [0, 0.05) is 13.0 Å². The van der Waals surface area contributed by atoms with Crippen molar-refractivity contribution >= 4 is 29.1 Å². The van der Waals surface area contributed by atoms with E-state index in [1.807, 2.05) is 31.5 Å². The van der Waals surface area contributed by atoms with E-state index in [0.29, 0.717) is 0 Å². The number of aliphatic hydroxyl groups excluding tert-OH is 1. The highest BCUT2D eigenvalue weighted by molar-refractivity contribution is 7.13. The highest BCUT2D eigenvalue weighted by Crippen LogP contribution is 2.40. The predicted molar refractivity (Wildman–Crippen MR) is 163 cm³/mol. The minimum atomic E-state index is -1.93. The van der Waals surface area contributed by atoms with Gasteiger partial charge in [0.1, 0.15) is 12.1 Å². The van der Waals surface area contributed by atoms with Crippen LogP contribution in [0.2, 0.25) is 0 Å². The third kappa shape index (κ3) is 7.19. The fraction of sp³-hybridized carbons (Fsp3) is 0.625. The lowest BCUT2D eigenvalue weighted by Crippen LogP contribution is -2.59. The Morgan fingerprint density at radius 1 is 1.17 bits per heavy atom. The van der Waals surface area contributed by atoms with Crippen LogP contribution >= 0.6 is 11.3 Å². The summed E-state index contributed by atoms with van der Waals surface area (Å²) < 4.78 is 14.5. The van der Waals surface area contributed by atoms with E-state index in [1.54, 1.807) is 32.1 Å². The number of carbonyl (C=O) groups is 3. The first-order valence-corrected chi connectivity index (χ1v) is 15.6. The monoisotopic (exact) mass is 600 g/mol. The summed E-state index contributed by atoms with van der Waals surface area (Å²) in [6.45, 7) is 15.7. The molecule has 2 aliphatic rings. The molecule has 0 spiro atoms. The van der Waals surface area contributed by atoms with Crippen molar-refractivity contribution < 1.29 is 23.9 Å². The molecule has 1 saturated carbocycles. The van der Waals surface area contributed by atoms with Crippen LogP contribution in [0.15, 0.2) is 23.7 Å². The number of benzene rings is 1. The molecule has 1 aliphatic heterocycles. The molecule has 0 unspecified atom stereocenters. The van der Waals surface area contributed by atoms with Gasteiger partial charge in [-0.1, -0.05) is 53.7 Å². The largest absolute Gasteiger partial charge is 0.391 e. The number of nitrogens with zero attached hydrogens (tertiary/aromatic N) is 2. The van der Waals surface area contributed by atoms with Crippen molar-refractivity contribution in [3.05, 3.63) is 40.5 Å². The second-order valence-electron chi connectivity index (χ2n) is 14.3. The topological polar surface area (TPSA) is 112 Å². The molecule has 4 atom stereocenters. The smallest absolute Gasteiger partial charge is 0.258 e. The summed E-state index contributed by atoms with van der Waals surface area (Å²) >= 11 is 1.60. The van der Waals surface area contributed by atoms with Gasteiger partial charge in [-0.3, -0.25) is 14.4 Å². The van der Waals surface area contributed by atoms with Crippen LogP contribution in [0.25, 0.3) is 10.4 Å². The molecule has 4 rings (SSSR count). The first-order chi connectivity index (χ1) is 19.4. The fourth-order valence-electron chi connectivity index (χ4n) is 5.58. The standard InChI is InChI=1S/C32H45FN4O4S/c1-18(23-10-9-20(25-19(2)34-17-42-25)13-21(23)15-30(3,4)5)35-27(39)24-14-22(38)16-37(24)28(40)26(31(6,7)8)36-29(41)32(33)11-12-32/h9-10,13,17-18,22,24,26,38H,11-12,14-16H2,1-8H3,(H,35,39)(H,36,41)/t18-,22+,24-,26+/m0/s1. The Balaban J connectivity index is 1.55. The number of likely N-dealkylation sites (tertiary alicyclic amines) is 1. The number of halogens is 1. The normalized spacial score (nSPS) is 21.5. The molecule has 2 heterocycles. The second-order valence-corrected chi connectivity index (χ2v) is 15.1. The Bertz CT molecular complexity index is 1340. The van der Waals surface area contributed by atoms with Crippen molar-refractivity contribution in [1.82, 2.24) is 20.5 Å². The lowest BCUT2D eigenvalue weighted by molar-refractivity contribution is -0.145. The number of β-amino-alcohol motifs (C(OH)–C–C–N with tert-alkyl or cyclic N) is 1. The molecule has 10 heteroatoms. The van der Waals surface area contributed by atoms with E-state index in [-0.39, 0.29) is 43.2 Å². The summed E-state index contributed by atoms with van der Waals surface area (Å²) in [5.74, 6) is -1.67. The van der Waals surface area contributed by atoms with Gasteiger partial charge in [0.05, 0.1) is 28.2 Å². The average Bonchev–Trinajstić information content (AvgIpc) is 3.28. The summed E-state index contributed by atoms with van der Waals surface area (Å²) in [7, 11) is 0. The summed E-state index contributed by atoms with van der Waals surface area (Å²) in [6, 6.07) is 3.95. The molecule has 1 aromatic carbocycles. The molecule has 8 nitrogen and oxygen atoms in total. The second kappa shape index (κ2) is 11.7. The quantitative estimate of drug-likeness (QED) is 0.400. The molecular formula is C32H45FN4O4S. The third-order valence-electron chi connectivity index (χ3n) is 8.05. The maximum atomic E-state index is 14.5. The van der Waals surface area contributed by atoms with E-state index in [0.717, 1.165) is 33.7 Å². The summed E-state index contributed by atoms with van der Waals surface area (Å²) in [5, 5.41) is 16.2. The fourth-order valence-corrected chi connectivity index (χ4v) is 6.38. The van der Waals surface area contributed by atoms with Gasteiger partial charge in [-0.25, -0.2) is 9.37 Å². The lowest BCUT2D eigenvalue weighted by Gasteiger charge is -2.36. The van der Waals surface area contributed by atoms with Crippen molar-refractivity contribution in [2.45, 2.75) is 111 Å². The van der Waals surface area contributed by atoms with E-state index in [1.165, 1.54) is 4.90 Å². The Morgan fingerprint density at radius 3 is 2.38 bits per heavy atom. The Kier molecular flexibility index (Phi) is 8.92. The van der Waals surface area contributed by atoms with Crippen molar-refractivity contribution in [2.24, 2.45) is 10.8 Å². The zero-order valence-electron chi connectivity index (χ0n) is 26.0. The van der Waals surface area contributed by atoms with Gasteiger partial charge >= 0.3 is 0 Å². The van der Waals surface area contributed by atoms with Gasteiger partial charge in [-0.15, -0.1) is 11.3 Å². The maximum absolute atomic E-state index is 14.5. The SMILES string of the molecule is Cc1ncsc1-c1ccc([C@H](C)NC(=O)[C@@H]2C[C@@H](O)CN2C(=O)[C@@H](NC(=O)C2(F)CC2)C(C)(C)C)c(CC(C)(C)C)c1. The number of aromatic nitrogens is 1. The van der Waals surface area contributed by atoms with Gasteiger partial charge < -0.3 is 20.6 Å². The molecular weight excluding hydrogens is 555 g/mol. The number of aliphatic hydroxyl groups is 1. The van der Waals surface area contributed by atoms with Crippen LogP contribution < -0.4 is 10.6 Å². The predicted octanol–water partition coefficient (Wildman–Crippen LogP) is 4.88. The van der Waals surface area contributed by atoms with Crippen LogP contribution in [-0.4, -0.2) is 63.1 Å². The summed E-state index contributed by atoms with van der Waals surface area (Å²) in [4.78, 5) is 46.8. The molecule has 0 bridgehead atoms. The molecule has 2 aromatic rings. The van der Waals surface area contributed by atoms with Crippen LogP contribution in [0.1, 0.15) is 90.6 Å². The van der Waals surface area contributed by atoms with Gasteiger partial charge in [-0.05, 0) is 66.7 Å². The van der Waals surface area contributed by atoms with Crippen LogP contribution in [0.4, 0.5) is 4.39 Å². The van der Waals surface area contributed by atoms with Gasteiger partial charge in [0.2, 0.25) is 11.8 Å². The van der Waals surface area contributed by atoms with Crippen molar-refractivity contribution in [1.29, 1.82) is 0 Å². The van der Waals surface area contributed by atoms with Gasteiger partial charge in [0.15, 0.2) is 5.67 Å². The van der Waals surface area contributed by atoms with E-state index in [4.69, 9.17) is 0 Å². The zero-order valence-corrected chi connectivity index (χ0v) is 26.8. The number of carbonyl (C=O) groups excluding carboxylic acids is 3. The molecule has 230 valence electrons. The minimum absolute atomic E-state index is 0.00366. The molecule has 3 N–H and O–H groups in total. The third-order valence-corrected chi connectivity index (χ3v) is 9.02. The Morgan fingerprint density at radius 2 is 1.83 bits per heavy atom. The number of alkyl halides is 1. The molecule has 42 heavy (non-hydrogen) atoms. The van der Waals surface area contributed by atoms with Crippen molar-refractivity contribution in [3.63, 3.8) is 0 Å². The number of aryl methyl sites for hydroxylation is 1. The van der Waals surface area contributed by atoms with Gasteiger partial charge in [0.25, 0.3) is 5.91 Å². The molecule has 3 amide bonds. The lowest BCUT2D eigenvalue weighted by atomic mass is 9.84.